The molecule has 0 aromatic heterocycles. The second-order valence-electron chi connectivity index (χ2n) is 4.47. The van der Waals surface area contributed by atoms with E-state index in [0.717, 1.165) is 4.47 Å². The molecule has 0 radical (unpaired) electrons. The van der Waals surface area contributed by atoms with Crippen molar-refractivity contribution in [2.45, 2.75) is 0 Å². The molecule has 0 fully saturated rings. The smallest absolute Gasteiger partial charge is 0.340 e. The van der Waals surface area contributed by atoms with Gasteiger partial charge in [-0.3, -0.25) is 0 Å². The van der Waals surface area contributed by atoms with Gasteiger partial charge >= 0.3 is 5.97 Å². The molecule has 0 saturated heterocycles. The average molecular weight is 330 g/mol. The number of nitrogen functional groups attached to an aromatic ring is 1. The van der Waals surface area contributed by atoms with E-state index in [0.29, 0.717) is 16.8 Å². The maximum absolute atomic E-state index is 11.6. The normalized spacial score (nSPS) is 11.4. The van der Waals surface area contributed by atoms with Crippen molar-refractivity contribution in [3.8, 4) is 11.2 Å². The average Bonchev–Trinajstić information content (AvgIpc) is 2.27. The Morgan fingerprint density at radius 1 is 1.39 bits per heavy atom. The molecule has 18 heavy (non-hydrogen) atoms. The van der Waals surface area contributed by atoms with Gasteiger partial charge in [-0.15, -0.1) is 0 Å². The number of methoxy groups -OCH3 is 1. The molecule has 0 atom stereocenters. The summed E-state index contributed by atoms with van der Waals surface area (Å²) in [6.45, 7) is 0. The van der Waals surface area contributed by atoms with Crippen molar-refractivity contribution in [3.05, 3.63) is 27.7 Å². The van der Waals surface area contributed by atoms with Crippen molar-refractivity contribution >= 4 is 37.6 Å². The zero-order valence-electron chi connectivity index (χ0n) is 10.8. The predicted molar refractivity (Wildman–Crippen MR) is 82.1 cm³/mol. The van der Waals surface area contributed by atoms with Gasteiger partial charge in [0.1, 0.15) is 0 Å². The minimum absolute atomic E-state index is 0.333. The number of benzene rings is 1. The fraction of sp³-hybridized carbons (Fsp3) is 0.308. The quantitative estimate of drug-likeness (QED) is 0.489. The molecule has 1 rings (SSSR count). The molecule has 0 heterocycles. The second-order valence-corrected chi connectivity index (χ2v) is 9.26. The largest absolute Gasteiger partial charge is 0.465 e. The van der Waals surface area contributed by atoms with E-state index < -0.39 is 16.0 Å². The Labute approximate surface area is 118 Å². The van der Waals surface area contributed by atoms with Gasteiger partial charge in [-0.2, -0.15) is 10.0 Å². The summed E-state index contributed by atoms with van der Waals surface area (Å²) in [7, 11) is 0.388. The lowest BCUT2D eigenvalue weighted by molar-refractivity contribution is 0.0602. The molecule has 0 aliphatic heterocycles. The molecule has 0 saturated carbocycles. The molecule has 0 aliphatic carbocycles. The molecular weight excluding hydrogens is 314 g/mol. The Morgan fingerprint density at radius 3 is 2.50 bits per heavy atom. The van der Waals surface area contributed by atoms with Crippen LogP contribution in [-0.2, 0) is 4.74 Å². The third-order valence-electron chi connectivity index (χ3n) is 2.04. The highest BCUT2D eigenvalue weighted by atomic mass is 79.9. The topological polar surface area (TPSA) is 52.3 Å². The highest BCUT2D eigenvalue weighted by Gasteiger charge is 2.13. The molecule has 1 aromatic carbocycles. The maximum atomic E-state index is 11.6. The van der Waals surface area contributed by atoms with Gasteiger partial charge in [-0.05, 0) is 36.2 Å². The third kappa shape index (κ3) is 3.97. The number of esters is 1. The minimum atomic E-state index is -0.939. The van der Waals surface area contributed by atoms with Crippen LogP contribution in [0.25, 0.3) is 0 Å². The Kier molecular flexibility index (Phi) is 4.71. The summed E-state index contributed by atoms with van der Waals surface area (Å²) < 4.78 is 5.44. The Morgan fingerprint density at radius 2 is 2.00 bits per heavy atom. The van der Waals surface area contributed by atoms with E-state index in [4.69, 9.17) is 5.73 Å². The molecule has 0 aliphatic rings. The van der Waals surface area contributed by atoms with E-state index >= 15 is 0 Å². The van der Waals surface area contributed by atoms with Crippen molar-refractivity contribution in [2.75, 3.05) is 31.6 Å². The first-order chi connectivity index (χ1) is 8.24. The van der Waals surface area contributed by atoms with Crippen LogP contribution in [0.3, 0.4) is 0 Å². The second kappa shape index (κ2) is 5.68. The number of carbonyl (C=O) groups excluding carboxylic acids is 1. The highest BCUT2D eigenvalue weighted by molar-refractivity contribution is 9.10. The van der Waals surface area contributed by atoms with Crippen LogP contribution in [-0.4, -0.2) is 31.8 Å². The van der Waals surface area contributed by atoms with Crippen LogP contribution in [0.5, 0.6) is 0 Å². The summed E-state index contributed by atoms with van der Waals surface area (Å²) in [5.41, 5.74) is 7.28. The zero-order valence-corrected chi connectivity index (χ0v) is 13.2. The van der Waals surface area contributed by atoms with Gasteiger partial charge in [-0.25, -0.2) is 4.79 Å². The van der Waals surface area contributed by atoms with Crippen molar-refractivity contribution in [3.63, 3.8) is 0 Å². The van der Waals surface area contributed by atoms with Crippen molar-refractivity contribution in [1.29, 1.82) is 0 Å². The number of ether oxygens (including phenoxy) is 1. The third-order valence-corrected chi connectivity index (χ3v) is 3.21. The summed E-state index contributed by atoms with van der Waals surface area (Å²) in [6.07, 6.45) is 6.28. The van der Waals surface area contributed by atoms with Crippen molar-refractivity contribution < 1.29 is 9.53 Å². The Bertz CT molecular complexity index is 538. The standard InChI is InChI=1S/C13H16BrNO2S/c1-17-13(16)11-8-10(14)7-9(12(11)15)5-6-18(2,3)4/h7-8H,15H2,1-4H3. The monoisotopic (exact) mass is 329 g/mol. The SMILES string of the molecule is COC(=O)c1cc(Br)cc(C#CS(C)(C)C)c1N. The molecule has 0 spiro atoms. The molecule has 0 amide bonds. The minimum Gasteiger partial charge on any atom is -0.465 e. The van der Waals surface area contributed by atoms with E-state index in [1.165, 1.54) is 7.11 Å². The highest BCUT2D eigenvalue weighted by Crippen LogP contribution is 2.33. The van der Waals surface area contributed by atoms with Crippen LogP contribution >= 0.6 is 26.0 Å². The van der Waals surface area contributed by atoms with Gasteiger partial charge in [0, 0.05) is 4.47 Å². The lowest BCUT2D eigenvalue weighted by atomic mass is 10.1. The molecular formula is C13H16BrNO2S. The molecule has 1 aromatic rings. The lowest BCUT2D eigenvalue weighted by Crippen LogP contribution is -2.07. The first-order valence-electron chi connectivity index (χ1n) is 5.13. The maximum Gasteiger partial charge on any atom is 0.340 e. The van der Waals surface area contributed by atoms with E-state index in [2.05, 4.69) is 50.6 Å². The fourth-order valence-corrected chi connectivity index (χ4v) is 2.08. The van der Waals surface area contributed by atoms with Crippen molar-refractivity contribution in [2.24, 2.45) is 0 Å². The van der Waals surface area contributed by atoms with Crippen molar-refractivity contribution in [1.82, 2.24) is 0 Å². The molecule has 0 bridgehead atoms. The van der Waals surface area contributed by atoms with Crippen LogP contribution in [0.2, 0.25) is 0 Å². The van der Waals surface area contributed by atoms with E-state index in [-0.39, 0.29) is 0 Å². The number of nitrogens with two attached hydrogens (primary N) is 1. The number of hydrogen-bond acceptors (Lipinski definition) is 3. The molecule has 3 nitrogen and oxygen atoms in total. The molecule has 2 N–H and O–H groups in total. The summed E-state index contributed by atoms with van der Waals surface area (Å²) in [5.74, 6) is 2.58. The molecule has 5 heteroatoms. The van der Waals surface area contributed by atoms with Crippen LogP contribution in [0, 0.1) is 11.2 Å². The predicted octanol–water partition coefficient (Wildman–Crippen LogP) is 2.82. The summed E-state index contributed by atoms with van der Waals surface area (Å²) in [6, 6.07) is 3.44. The van der Waals surface area contributed by atoms with Gasteiger partial charge in [-0.1, -0.05) is 21.9 Å². The number of carbonyl (C=O) groups is 1. The van der Waals surface area contributed by atoms with Gasteiger partial charge < -0.3 is 10.5 Å². The lowest BCUT2D eigenvalue weighted by Gasteiger charge is -2.15. The van der Waals surface area contributed by atoms with Crippen LogP contribution in [0.15, 0.2) is 16.6 Å². The van der Waals surface area contributed by atoms with Gasteiger partial charge in [0.2, 0.25) is 0 Å². The molecule has 0 unspecified atom stereocenters. The first-order valence-corrected chi connectivity index (χ1v) is 8.78. The van der Waals surface area contributed by atoms with E-state index in [9.17, 15) is 4.79 Å². The van der Waals surface area contributed by atoms with Crippen LogP contribution < -0.4 is 5.73 Å². The molecule has 98 valence electrons. The van der Waals surface area contributed by atoms with Gasteiger partial charge in [0.15, 0.2) is 0 Å². The first kappa shape index (κ1) is 14.9. The van der Waals surface area contributed by atoms with E-state index in [1.54, 1.807) is 12.1 Å². The number of rotatable bonds is 1. The van der Waals surface area contributed by atoms with Crippen LogP contribution in [0.4, 0.5) is 5.69 Å². The Balaban J connectivity index is 3.33. The Hall–Kier alpha value is -1.12. The summed E-state index contributed by atoms with van der Waals surface area (Å²) in [4.78, 5) is 11.6. The number of hydrogen-bond donors (Lipinski definition) is 1. The van der Waals surface area contributed by atoms with Gasteiger partial charge in [0.05, 0.1) is 23.9 Å². The number of anilines is 1. The van der Waals surface area contributed by atoms with Gasteiger partial charge in [0.25, 0.3) is 0 Å². The number of halogens is 1. The van der Waals surface area contributed by atoms with Crippen LogP contribution in [0.1, 0.15) is 15.9 Å². The van der Waals surface area contributed by atoms with E-state index in [1.807, 2.05) is 0 Å². The summed E-state index contributed by atoms with van der Waals surface area (Å²) >= 11 is 3.34. The fourth-order valence-electron chi connectivity index (χ4n) is 1.21. The summed E-state index contributed by atoms with van der Waals surface area (Å²) in [5, 5.41) is 3.17. The zero-order chi connectivity index (χ0) is 13.9.